The first-order valence-corrected chi connectivity index (χ1v) is 9.19. The smallest absolute Gasteiger partial charge is 0.257 e. The minimum atomic E-state index is 0.0141. The molecule has 2 aliphatic rings. The van der Waals surface area contributed by atoms with Crippen LogP contribution in [0.25, 0.3) is 0 Å². The zero-order chi connectivity index (χ0) is 17.2. The molecule has 7 nitrogen and oxygen atoms in total. The van der Waals surface area contributed by atoms with E-state index in [9.17, 15) is 4.79 Å². The summed E-state index contributed by atoms with van der Waals surface area (Å²) in [5, 5.41) is 8.81. The number of hydrogen-bond donors (Lipinski definition) is 0. The Morgan fingerprint density at radius 2 is 1.96 bits per heavy atom. The van der Waals surface area contributed by atoms with Gasteiger partial charge < -0.3 is 13.9 Å². The van der Waals surface area contributed by atoms with Gasteiger partial charge in [-0.1, -0.05) is 6.42 Å². The van der Waals surface area contributed by atoms with Gasteiger partial charge in [-0.3, -0.25) is 9.69 Å². The van der Waals surface area contributed by atoms with Crippen LogP contribution in [0.4, 0.5) is 0 Å². The Kier molecular flexibility index (Phi) is 4.57. The Balaban J connectivity index is 1.50. The molecule has 0 radical (unpaired) electrons. The minimum Gasteiger partial charge on any atom is -0.469 e. The van der Waals surface area contributed by atoms with Gasteiger partial charge in [0.1, 0.15) is 11.6 Å². The highest BCUT2D eigenvalue weighted by molar-refractivity contribution is 5.95. The van der Waals surface area contributed by atoms with Crippen LogP contribution in [0.3, 0.4) is 0 Å². The fourth-order valence-electron chi connectivity index (χ4n) is 3.80. The summed E-state index contributed by atoms with van der Waals surface area (Å²) in [6.45, 7) is 7.09. The summed E-state index contributed by atoms with van der Waals surface area (Å²) < 4.78 is 7.49. The first-order valence-electron chi connectivity index (χ1n) is 9.19. The molecule has 25 heavy (non-hydrogen) atoms. The van der Waals surface area contributed by atoms with Gasteiger partial charge in [0, 0.05) is 13.1 Å². The third-order valence-corrected chi connectivity index (χ3v) is 5.24. The molecular formula is C18H25N5O2. The van der Waals surface area contributed by atoms with Crippen LogP contribution in [-0.4, -0.2) is 50.1 Å². The maximum atomic E-state index is 12.8. The Morgan fingerprint density at radius 3 is 2.72 bits per heavy atom. The summed E-state index contributed by atoms with van der Waals surface area (Å²) in [6, 6.07) is 1.75. The number of aryl methyl sites for hydroxylation is 1. The number of fused-ring (bicyclic) bond motifs is 1. The summed E-state index contributed by atoms with van der Waals surface area (Å²) in [5.74, 6) is 2.60. The SMILES string of the molecule is Cc1occc1C(=O)N1CCCn2c(CN3CCCCC3)nnc2C1. The lowest BCUT2D eigenvalue weighted by molar-refractivity contribution is 0.0742. The van der Waals surface area contributed by atoms with Gasteiger partial charge in [-0.2, -0.15) is 0 Å². The largest absolute Gasteiger partial charge is 0.469 e. The predicted octanol–water partition coefficient (Wildman–Crippen LogP) is 2.21. The molecular weight excluding hydrogens is 318 g/mol. The molecule has 0 spiro atoms. The number of aromatic nitrogens is 3. The molecule has 0 bridgehead atoms. The fraction of sp³-hybridized carbons (Fsp3) is 0.611. The molecule has 0 aromatic carbocycles. The zero-order valence-corrected chi connectivity index (χ0v) is 14.8. The van der Waals surface area contributed by atoms with Gasteiger partial charge in [0.05, 0.1) is 24.9 Å². The summed E-state index contributed by atoms with van der Waals surface area (Å²) in [6.07, 6.45) is 6.36. The Morgan fingerprint density at radius 1 is 1.12 bits per heavy atom. The van der Waals surface area contributed by atoms with E-state index in [1.54, 1.807) is 12.3 Å². The van der Waals surface area contributed by atoms with E-state index >= 15 is 0 Å². The van der Waals surface area contributed by atoms with Crippen LogP contribution < -0.4 is 0 Å². The van der Waals surface area contributed by atoms with Crippen LogP contribution >= 0.6 is 0 Å². The van der Waals surface area contributed by atoms with Gasteiger partial charge in [-0.25, -0.2) is 0 Å². The number of rotatable bonds is 3. The number of likely N-dealkylation sites (tertiary alicyclic amines) is 1. The molecule has 1 amide bonds. The first kappa shape index (κ1) is 16.3. The number of carbonyl (C=O) groups excluding carboxylic acids is 1. The molecule has 4 heterocycles. The molecule has 7 heteroatoms. The number of furan rings is 1. The molecule has 2 aliphatic heterocycles. The van der Waals surface area contributed by atoms with Gasteiger partial charge in [-0.05, 0) is 45.3 Å². The Bertz CT molecular complexity index is 744. The van der Waals surface area contributed by atoms with E-state index in [0.29, 0.717) is 17.9 Å². The lowest BCUT2D eigenvalue weighted by atomic mass is 10.1. The Hall–Kier alpha value is -2.15. The second kappa shape index (κ2) is 7.00. The highest BCUT2D eigenvalue weighted by Gasteiger charge is 2.25. The normalized spacial score (nSPS) is 18.8. The van der Waals surface area contributed by atoms with Crippen molar-refractivity contribution in [2.75, 3.05) is 19.6 Å². The van der Waals surface area contributed by atoms with Gasteiger partial charge in [-0.15, -0.1) is 10.2 Å². The van der Waals surface area contributed by atoms with Crippen LogP contribution in [0, 0.1) is 6.92 Å². The van der Waals surface area contributed by atoms with E-state index in [1.807, 2.05) is 11.8 Å². The molecule has 0 aliphatic carbocycles. The van der Waals surface area contributed by atoms with Gasteiger partial charge in [0.25, 0.3) is 5.91 Å². The van der Waals surface area contributed by atoms with Crippen molar-refractivity contribution in [3.05, 3.63) is 35.3 Å². The minimum absolute atomic E-state index is 0.0141. The van der Waals surface area contributed by atoms with Crippen molar-refractivity contribution in [1.29, 1.82) is 0 Å². The number of carbonyl (C=O) groups is 1. The first-order chi connectivity index (χ1) is 12.2. The van der Waals surface area contributed by atoms with Crippen molar-refractivity contribution in [3.8, 4) is 0 Å². The van der Waals surface area contributed by atoms with Crippen molar-refractivity contribution in [3.63, 3.8) is 0 Å². The molecule has 1 fully saturated rings. The quantitative estimate of drug-likeness (QED) is 0.855. The van der Waals surface area contributed by atoms with Crippen LogP contribution in [-0.2, 0) is 19.6 Å². The van der Waals surface area contributed by atoms with Gasteiger partial charge in [0.15, 0.2) is 5.82 Å². The third-order valence-electron chi connectivity index (χ3n) is 5.24. The van der Waals surface area contributed by atoms with Crippen LogP contribution in [0.2, 0.25) is 0 Å². The van der Waals surface area contributed by atoms with Crippen molar-refractivity contribution in [2.24, 2.45) is 0 Å². The second-order valence-corrected chi connectivity index (χ2v) is 6.99. The van der Waals surface area contributed by atoms with E-state index in [1.165, 1.54) is 19.3 Å². The number of amides is 1. The number of piperidine rings is 1. The van der Waals surface area contributed by atoms with E-state index in [-0.39, 0.29) is 5.91 Å². The van der Waals surface area contributed by atoms with Crippen molar-refractivity contribution in [1.82, 2.24) is 24.6 Å². The van der Waals surface area contributed by atoms with Gasteiger partial charge in [0.2, 0.25) is 0 Å². The lowest BCUT2D eigenvalue weighted by Gasteiger charge is -2.25. The molecule has 4 rings (SSSR count). The molecule has 2 aromatic rings. The van der Waals surface area contributed by atoms with E-state index in [2.05, 4.69) is 19.7 Å². The lowest BCUT2D eigenvalue weighted by Crippen LogP contribution is -2.31. The molecule has 0 atom stereocenters. The fourth-order valence-corrected chi connectivity index (χ4v) is 3.80. The molecule has 2 aromatic heterocycles. The van der Waals surface area contributed by atoms with E-state index in [0.717, 1.165) is 50.8 Å². The summed E-state index contributed by atoms with van der Waals surface area (Å²) in [5.41, 5.74) is 0.640. The van der Waals surface area contributed by atoms with Crippen LogP contribution in [0.5, 0.6) is 0 Å². The average Bonchev–Trinajstić information content (AvgIpc) is 3.14. The third kappa shape index (κ3) is 3.33. The second-order valence-electron chi connectivity index (χ2n) is 6.99. The zero-order valence-electron chi connectivity index (χ0n) is 14.8. The topological polar surface area (TPSA) is 67.4 Å². The molecule has 1 saturated heterocycles. The van der Waals surface area contributed by atoms with Crippen LogP contribution in [0.1, 0.15) is 53.5 Å². The molecule has 0 unspecified atom stereocenters. The number of nitrogens with zero attached hydrogens (tertiary/aromatic N) is 5. The Labute approximate surface area is 147 Å². The standard InChI is InChI=1S/C18H25N5O2/c1-14-15(6-11-25-14)18(24)22-9-5-10-23-16(19-20-17(23)13-22)12-21-7-3-2-4-8-21/h6,11H,2-5,7-10,12-13H2,1H3. The molecule has 0 saturated carbocycles. The highest BCUT2D eigenvalue weighted by Crippen LogP contribution is 2.19. The summed E-state index contributed by atoms with van der Waals surface area (Å²) in [7, 11) is 0. The van der Waals surface area contributed by atoms with Crippen molar-refractivity contribution < 1.29 is 9.21 Å². The monoisotopic (exact) mass is 343 g/mol. The van der Waals surface area contributed by atoms with E-state index in [4.69, 9.17) is 4.42 Å². The summed E-state index contributed by atoms with van der Waals surface area (Å²) >= 11 is 0. The predicted molar refractivity (Wildman–Crippen MR) is 92.0 cm³/mol. The summed E-state index contributed by atoms with van der Waals surface area (Å²) in [4.78, 5) is 17.1. The highest BCUT2D eigenvalue weighted by atomic mass is 16.3. The van der Waals surface area contributed by atoms with Crippen molar-refractivity contribution >= 4 is 5.91 Å². The van der Waals surface area contributed by atoms with Gasteiger partial charge >= 0.3 is 0 Å². The maximum Gasteiger partial charge on any atom is 0.257 e. The van der Waals surface area contributed by atoms with Crippen molar-refractivity contribution in [2.45, 2.75) is 52.2 Å². The average molecular weight is 343 g/mol. The van der Waals surface area contributed by atoms with Crippen LogP contribution in [0.15, 0.2) is 16.7 Å². The molecule has 134 valence electrons. The number of hydrogen-bond acceptors (Lipinski definition) is 5. The van der Waals surface area contributed by atoms with E-state index < -0.39 is 0 Å². The molecule has 0 N–H and O–H groups in total. The maximum absolute atomic E-state index is 12.8.